The molecule has 4 heteroatoms. The highest BCUT2D eigenvalue weighted by molar-refractivity contribution is 4.80. The molecule has 72 valence electrons. The van der Waals surface area contributed by atoms with Gasteiger partial charge in [0, 0.05) is 12.5 Å². The van der Waals surface area contributed by atoms with Gasteiger partial charge < -0.3 is 9.84 Å². The number of rotatable bonds is 3. The van der Waals surface area contributed by atoms with Crippen LogP contribution in [0.4, 0.5) is 0 Å². The average Bonchev–Trinajstić information content (AvgIpc) is 2.69. The van der Waals surface area contributed by atoms with Gasteiger partial charge in [-0.1, -0.05) is 11.6 Å². The lowest BCUT2D eigenvalue weighted by Gasteiger charge is -2.22. The van der Waals surface area contributed by atoms with Crippen molar-refractivity contribution < 1.29 is 4.52 Å². The molecule has 0 spiro atoms. The van der Waals surface area contributed by atoms with Gasteiger partial charge in [0.1, 0.15) is 0 Å². The van der Waals surface area contributed by atoms with Crippen LogP contribution in [0.2, 0.25) is 0 Å². The van der Waals surface area contributed by atoms with Crippen LogP contribution in [0, 0.1) is 0 Å². The van der Waals surface area contributed by atoms with Gasteiger partial charge in [0.05, 0.1) is 0 Å². The minimum atomic E-state index is 0.653. The van der Waals surface area contributed by atoms with Crippen molar-refractivity contribution in [1.82, 2.24) is 15.5 Å². The van der Waals surface area contributed by atoms with Gasteiger partial charge in [0.15, 0.2) is 6.33 Å². The molecule has 1 atom stereocenters. The zero-order chi connectivity index (χ0) is 8.93. The van der Waals surface area contributed by atoms with Crippen LogP contribution in [0.15, 0.2) is 10.9 Å². The third-order valence-electron chi connectivity index (χ3n) is 2.53. The normalized spacial score (nSPS) is 23.2. The van der Waals surface area contributed by atoms with Crippen molar-refractivity contribution >= 4 is 0 Å². The predicted molar refractivity (Wildman–Crippen MR) is 48.3 cm³/mol. The number of aromatic nitrogens is 2. The molecular weight excluding hydrogens is 166 g/mol. The van der Waals surface area contributed by atoms with E-state index in [0.29, 0.717) is 6.04 Å². The first kappa shape index (κ1) is 8.69. The second-order valence-corrected chi connectivity index (χ2v) is 3.52. The Morgan fingerprint density at radius 2 is 2.54 bits per heavy atom. The molecule has 1 N–H and O–H groups in total. The third-order valence-corrected chi connectivity index (χ3v) is 2.53. The Kier molecular flexibility index (Phi) is 2.92. The predicted octanol–water partition coefficient (Wildman–Crippen LogP) is 1.14. The van der Waals surface area contributed by atoms with Crippen LogP contribution < -0.4 is 5.32 Å². The lowest BCUT2D eigenvalue weighted by atomic mass is 10.0. The fourth-order valence-electron chi connectivity index (χ4n) is 1.77. The first-order valence-electron chi connectivity index (χ1n) is 4.94. The fraction of sp³-hybridized carbons (Fsp3) is 0.778. The summed E-state index contributed by atoms with van der Waals surface area (Å²) in [4.78, 5) is 4.00. The van der Waals surface area contributed by atoms with Crippen molar-refractivity contribution in [2.45, 2.75) is 38.1 Å². The highest BCUT2D eigenvalue weighted by Gasteiger charge is 2.13. The summed E-state index contributed by atoms with van der Waals surface area (Å²) in [5.74, 6) is 0.757. The van der Waals surface area contributed by atoms with E-state index in [4.69, 9.17) is 4.52 Å². The lowest BCUT2D eigenvalue weighted by molar-refractivity contribution is 0.342. The van der Waals surface area contributed by atoms with Gasteiger partial charge in [-0.25, -0.2) is 0 Å². The molecule has 2 heterocycles. The maximum atomic E-state index is 4.94. The number of nitrogens with one attached hydrogen (secondary N) is 1. The third kappa shape index (κ3) is 2.52. The molecule has 1 aliphatic heterocycles. The molecule has 4 nitrogen and oxygen atoms in total. The van der Waals surface area contributed by atoms with E-state index in [1.807, 2.05) is 0 Å². The van der Waals surface area contributed by atoms with Crippen LogP contribution in [0.1, 0.15) is 31.6 Å². The van der Waals surface area contributed by atoms with E-state index >= 15 is 0 Å². The van der Waals surface area contributed by atoms with E-state index in [1.54, 1.807) is 0 Å². The molecule has 1 aromatic rings. The average molecular weight is 181 g/mol. The van der Waals surface area contributed by atoms with Gasteiger partial charge in [0.25, 0.3) is 0 Å². The second kappa shape index (κ2) is 4.37. The van der Waals surface area contributed by atoms with Crippen molar-refractivity contribution in [3.8, 4) is 0 Å². The number of hydrogen-bond donors (Lipinski definition) is 1. The van der Waals surface area contributed by atoms with Crippen molar-refractivity contribution in [1.29, 1.82) is 0 Å². The minimum Gasteiger partial charge on any atom is -0.340 e. The Morgan fingerprint density at radius 3 is 3.23 bits per heavy atom. The van der Waals surface area contributed by atoms with Crippen molar-refractivity contribution in [2.75, 3.05) is 6.54 Å². The molecule has 0 amide bonds. The van der Waals surface area contributed by atoms with E-state index in [-0.39, 0.29) is 0 Å². The van der Waals surface area contributed by atoms with E-state index in [1.165, 1.54) is 25.6 Å². The summed E-state index contributed by atoms with van der Waals surface area (Å²) < 4.78 is 4.94. The molecular formula is C9H15N3O. The van der Waals surface area contributed by atoms with Crippen LogP contribution in [0.25, 0.3) is 0 Å². The lowest BCUT2D eigenvalue weighted by Crippen LogP contribution is -2.34. The highest BCUT2D eigenvalue weighted by atomic mass is 16.5. The molecule has 0 bridgehead atoms. The zero-order valence-electron chi connectivity index (χ0n) is 7.70. The number of hydrogen-bond acceptors (Lipinski definition) is 4. The van der Waals surface area contributed by atoms with Crippen LogP contribution >= 0.6 is 0 Å². The van der Waals surface area contributed by atoms with Crippen molar-refractivity contribution in [3.63, 3.8) is 0 Å². The summed E-state index contributed by atoms with van der Waals surface area (Å²) in [6.45, 7) is 1.16. The van der Waals surface area contributed by atoms with Gasteiger partial charge in [0.2, 0.25) is 5.89 Å². The Bertz CT molecular complexity index is 229. The monoisotopic (exact) mass is 181 g/mol. The largest absolute Gasteiger partial charge is 0.340 e. The van der Waals surface area contributed by atoms with Crippen LogP contribution in [0.3, 0.4) is 0 Å². The summed E-state index contributed by atoms with van der Waals surface area (Å²) in [5, 5.41) is 7.07. The molecule has 0 saturated carbocycles. The summed E-state index contributed by atoms with van der Waals surface area (Å²) in [6.07, 6.45) is 7.43. The Hall–Kier alpha value is -0.900. The van der Waals surface area contributed by atoms with E-state index in [0.717, 1.165) is 25.3 Å². The van der Waals surface area contributed by atoms with Gasteiger partial charge in [-0.2, -0.15) is 4.98 Å². The first-order chi connectivity index (χ1) is 6.45. The summed E-state index contributed by atoms with van der Waals surface area (Å²) in [5.41, 5.74) is 0. The van der Waals surface area contributed by atoms with Gasteiger partial charge in [-0.3, -0.25) is 0 Å². The van der Waals surface area contributed by atoms with Crippen molar-refractivity contribution in [3.05, 3.63) is 12.2 Å². The zero-order valence-corrected chi connectivity index (χ0v) is 7.70. The van der Waals surface area contributed by atoms with Gasteiger partial charge in [-0.15, -0.1) is 0 Å². The Morgan fingerprint density at radius 1 is 1.54 bits per heavy atom. The molecule has 13 heavy (non-hydrogen) atoms. The van der Waals surface area contributed by atoms with Crippen LogP contribution in [-0.2, 0) is 6.42 Å². The molecule has 2 rings (SSSR count). The number of piperidine rings is 1. The molecule has 1 saturated heterocycles. The number of aryl methyl sites for hydroxylation is 1. The maximum Gasteiger partial charge on any atom is 0.226 e. The van der Waals surface area contributed by atoms with Crippen LogP contribution in [0.5, 0.6) is 0 Å². The molecule has 1 unspecified atom stereocenters. The second-order valence-electron chi connectivity index (χ2n) is 3.52. The molecule has 0 radical (unpaired) electrons. The minimum absolute atomic E-state index is 0.653. The number of nitrogens with zero attached hydrogens (tertiary/aromatic N) is 2. The van der Waals surface area contributed by atoms with Gasteiger partial charge >= 0.3 is 0 Å². The van der Waals surface area contributed by atoms with Crippen molar-refractivity contribution in [2.24, 2.45) is 0 Å². The topological polar surface area (TPSA) is 51.0 Å². The molecule has 0 aliphatic carbocycles. The van der Waals surface area contributed by atoms with E-state index in [9.17, 15) is 0 Å². The first-order valence-corrected chi connectivity index (χ1v) is 4.94. The standard InChI is InChI=1S/C9H15N3O/c1-2-6-10-8(3-1)4-5-9-11-7-12-13-9/h7-8,10H,1-6H2. The Labute approximate surface area is 77.7 Å². The Balaban J connectivity index is 1.72. The maximum absolute atomic E-state index is 4.94. The quantitative estimate of drug-likeness (QED) is 0.759. The molecule has 0 aromatic carbocycles. The molecule has 1 aliphatic rings. The van der Waals surface area contributed by atoms with Crippen LogP contribution in [-0.4, -0.2) is 22.7 Å². The molecule has 1 aromatic heterocycles. The summed E-state index contributed by atoms with van der Waals surface area (Å²) in [7, 11) is 0. The smallest absolute Gasteiger partial charge is 0.226 e. The fourth-order valence-corrected chi connectivity index (χ4v) is 1.77. The highest BCUT2D eigenvalue weighted by Crippen LogP contribution is 2.11. The van der Waals surface area contributed by atoms with E-state index in [2.05, 4.69) is 15.5 Å². The van der Waals surface area contributed by atoms with Gasteiger partial charge in [-0.05, 0) is 25.8 Å². The SMILES string of the molecule is c1noc(CCC2CCCCN2)n1. The summed E-state index contributed by atoms with van der Waals surface area (Å²) in [6, 6.07) is 0.653. The molecule has 1 fully saturated rings. The van der Waals surface area contributed by atoms with E-state index < -0.39 is 0 Å². The summed E-state index contributed by atoms with van der Waals surface area (Å²) >= 11 is 0.